The summed E-state index contributed by atoms with van der Waals surface area (Å²) in [5.41, 5.74) is 1.16. The third-order valence-electron chi connectivity index (χ3n) is 5.40. The Labute approximate surface area is 199 Å². The summed E-state index contributed by atoms with van der Waals surface area (Å²) in [7, 11) is 3.44. The Hall–Kier alpha value is -1.06. The molecule has 1 fully saturated rings. The van der Waals surface area contributed by atoms with Crippen molar-refractivity contribution >= 4 is 29.9 Å². The first-order valence-electron chi connectivity index (χ1n) is 10.8. The van der Waals surface area contributed by atoms with Gasteiger partial charge in [-0.2, -0.15) is 0 Å². The van der Waals surface area contributed by atoms with E-state index < -0.39 is 0 Å². The van der Waals surface area contributed by atoms with Crippen molar-refractivity contribution in [2.24, 2.45) is 4.99 Å². The summed E-state index contributed by atoms with van der Waals surface area (Å²) in [6, 6.07) is 8.28. The third kappa shape index (κ3) is 8.59. The largest absolute Gasteiger partial charge is 0.497 e. The molecule has 0 radical (unpaired) electrons. The summed E-state index contributed by atoms with van der Waals surface area (Å²) in [5.74, 6) is 1.89. The van der Waals surface area contributed by atoms with Gasteiger partial charge in [0.25, 0.3) is 0 Å². The molecule has 2 rings (SSSR count). The summed E-state index contributed by atoms with van der Waals surface area (Å²) in [6.07, 6.45) is 3.38. The van der Waals surface area contributed by atoms with Crippen molar-refractivity contribution in [1.29, 1.82) is 0 Å². The maximum Gasteiger partial charge on any atom is 0.193 e. The SMILES string of the molecule is CCNC(=NCC(C)(C)c1cccc(OC)c1)N1CCC(OCCCOC)CC1.I. The molecule has 0 unspecified atom stereocenters. The Bertz CT molecular complexity index is 632. The quantitative estimate of drug-likeness (QED) is 0.213. The number of nitrogens with zero attached hydrogens (tertiary/aromatic N) is 2. The fourth-order valence-electron chi connectivity index (χ4n) is 3.52. The van der Waals surface area contributed by atoms with Crippen molar-refractivity contribution in [3.8, 4) is 5.75 Å². The number of piperidine rings is 1. The van der Waals surface area contributed by atoms with Crippen molar-refractivity contribution in [1.82, 2.24) is 10.2 Å². The van der Waals surface area contributed by atoms with Crippen LogP contribution in [0.1, 0.15) is 45.6 Å². The van der Waals surface area contributed by atoms with E-state index in [0.717, 1.165) is 70.4 Å². The monoisotopic (exact) mass is 533 g/mol. The second-order valence-electron chi connectivity index (χ2n) is 8.19. The lowest BCUT2D eigenvalue weighted by Gasteiger charge is -2.35. The minimum absolute atomic E-state index is 0. The number of nitrogens with one attached hydrogen (secondary N) is 1. The molecule has 7 heteroatoms. The molecule has 0 saturated carbocycles. The van der Waals surface area contributed by atoms with E-state index >= 15 is 0 Å². The number of hydrogen-bond donors (Lipinski definition) is 1. The van der Waals surface area contributed by atoms with E-state index in [2.05, 4.69) is 43.1 Å². The van der Waals surface area contributed by atoms with Crippen LogP contribution in [0.25, 0.3) is 0 Å². The zero-order valence-electron chi connectivity index (χ0n) is 19.3. The molecule has 1 heterocycles. The van der Waals surface area contributed by atoms with Crippen LogP contribution in [0.5, 0.6) is 5.75 Å². The van der Waals surface area contributed by atoms with Gasteiger partial charge in [-0.3, -0.25) is 4.99 Å². The maximum absolute atomic E-state index is 5.99. The topological polar surface area (TPSA) is 55.3 Å². The Morgan fingerprint density at radius 1 is 1.20 bits per heavy atom. The molecule has 30 heavy (non-hydrogen) atoms. The van der Waals surface area contributed by atoms with Gasteiger partial charge < -0.3 is 24.4 Å². The van der Waals surface area contributed by atoms with E-state index in [-0.39, 0.29) is 29.4 Å². The second kappa shape index (κ2) is 14.1. The number of likely N-dealkylation sites (tertiary alicyclic amines) is 1. The van der Waals surface area contributed by atoms with Crippen LogP contribution in [0.15, 0.2) is 29.3 Å². The zero-order valence-corrected chi connectivity index (χ0v) is 21.6. The second-order valence-corrected chi connectivity index (χ2v) is 8.19. The molecule has 0 spiro atoms. The average Bonchev–Trinajstić information content (AvgIpc) is 2.75. The minimum Gasteiger partial charge on any atom is -0.497 e. The number of aliphatic imine (C=N–C) groups is 1. The summed E-state index contributed by atoms with van der Waals surface area (Å²) in [6.45, 7) is 11.7. The first-order chi connectivity index (χ1) is 14.0. The van der Waals surface area contributed by atoms with Crippen molar-refractivity contribution in [2.45, 2.75) is 51.6 Å². The first-order valence-corrected chi connectivity index (χ1v) is 10.8. The van der Waals surface area contributed by atoms with E-state index in [1.165, 1.54) is 5.56 Å². The molecule has 0 aromatic heterocycles. The number of ether oxygens (including phenoxy) is 3. The third-order valence-corrected chi connectivity index (χ3v) is 5.40. The van der Waals surface area contributed by atoms with Crippen LogP contribution in [0.4, 0.5) is 0 Å². The highest BCUT2D eigenvalue weighted by Gasteiger charge is 2.24. The van der Waals surface area contributed by atoms with E-state index in [4.69, 9.17) is 19.2 Å². The predicted octanol–water partition coefficient (Wildman–Crippen LogP) is 4.07. The molecule has 6 nitrogen and oxygen atoms in total. The number of hydrogen-bond acceptors (Lipinski definition) is 4. The molecule has 0 bridgehead atoms. The number of methoxy groups -OCH3 is 2. The first kappa shape index (κ1) is 27.0. The fourth-order valence-corrected chi connectivity index (χ4v) is 3.52. The Kier molecular flexibility index (Phi) is 12.7. The maximum atomic E-state index is 5.99. The molecule has 1 N–H and O–H groups in total. The van der Waals surface area contributed by atoms with Gasteiger partial charge in [-0.05, 0) is 43.9 Å². The molecule has 1 aromatic rings. The van der Waals surface area contributed by atoms with Gasteiger partial charge >= 0.3 is 0 Å². The lowest BCUT2D eigenvalue weighted by Crippen LogP contribution is -2.47. The van der Waals surface area contributed by atoms with Crippen LogP contribution in [0.3, 0.4) is 0 Å². The van der Waals surface area contributed by atoms with Gasteiger partial charge in [0.15, 0.2) is 5.96 Å². The molecule has 0 atom stereocenters. The molecule has 0 amide bonds. The van der Waals surface area contributed by atoms with Crippen LogP contribution in [0, 0.1) is 0 Å². The van der Waals surface area contributed by atoms with Gasteiger partial charge in [0, 0.05) is 45.4 Å². The van der Waals surface area contributed by atoms with Gasteiger partial charge in [0.2, 0.25) is 0 Å². The highest BCUT2D eigenvalue weighted by atomic mass is 127. The molecular weight excluding hydrogens is 493 g/mol. The summed E-state index contributed by atoms with van der Waals surface area (Å²) in [5, 5.41) is 3.47. The zero-order chi connectivity index (χ0) is 21.1. The molecule has 0 aliphatic carbocycles. The minimum atomic E-state index is -0.0714. The molecule has 172 valence electrons. The highest BCUT2D eigenvalue weighted by Crippen LogP contribution is 2.27. The predicted molar refractivity (Wildman–Crippen MR) is 134 cm³/mol. The fraction of sp³-hybridized carbons (Fsp3) is 0.696. The van der Waals surface area contributed by atoms with Gasteiger partial charge in [-0.1, -0.05) is 26.0 Å². The van der Waals surface area contributed by atoms with E-state index in [9.17, 15) is 0 Å². The molecule has 1 saturated heterocycles. The summed E-state index contributed by atoms with van der Waals surface area (Å²) in [4.78, 5) is 7.35. The van der Waals surface area contributed by atoms with Crippen LogP contribution < -0.4 is 10.1 Å². The average molecular weight is 533 g/mol. The van der Waals surface area contributed by atoms with Gasteiger partial charge in [0.05, 0.1) is 19.8 Å². The van der Waals surface area contributed by atoms with Crippen molar-refractivity contribution in [3.63, 3.8) is 0 Å². The Morgan fingerprint density at radius 2 is 1.93 bits per heavy atom. The van der Waals surface area contributed by atoms with E-state index in [0.29, 0.717) is 6.10 Å². The lowest BCUT2D eigenvalue weighted by molar-refractivity contribution is 0.00989. The number of guanidine groups is 1. The standard InChI is InChI=1S/C23H39N3O3.HI/c1-6-24-22(26-13-11-20(12-14-26)29-16-8-15-27-4)25-18-23(2,3)19-9-7-10-21(17-19)28-5;/h7,9-10,17,20H,6,8,11-16,18H2,1-5H3,(H,24,25);1H. The van der Waals surface area contributed by atoms with E-state index in [1.54, 1.807) is 14.2 Å². The van der Waals surface area contributed by atoms with Crippen LogP contribution in [0.2, 0.25) is 0 Å². The summed E-state index contributed by atoms with van der Waals surface area (Å²) < 4.78 is 16.5. The summed E-state index contributed by atoms with van der Waals surface area (Å²) >= 11 is 0. The van der Waals surface area contributed by atoms with Gasteiger partial charge in [-0.25, -0.2) is 0 Å². The van der Waals surface area contributed by atoms with Crippen molar-refractivity contribution in [3.05, 3.63) is 29.8 Å². The molecular formula is C23H40IN3O3. The molecule has 1 aliphatic rings. The van der Waals surface area contributed by atoms with Crippen LogP contribution in [-0.2, 0) is 14.9 Å². The van der Waals surface area contributed by atoms with Gasteiger partial charge in [0.1, 0.15) is 5.75 Å². The highest BCUT2D eigenvalue weighted by molar-refractivity contribution is 14.0. The molecule has 1 aromatic carbocycles. The Morgan fingerprint density at radius 3 is 2.57 bits per heavy atom. The Balaban J connectivity index is 0.00000450. The van der Waals surface area contributed by atoms with Gasteiger partial charge in [-0.15, -0.1) is 24.0 Å². The molecule has 1 aliphatic heterocycles. The van der Waals surface area contributed by atoms with Crippen molar-refractivity contribution < 1.29 is 14.2 Å². The number of halogens is 1. The smallest absolute Gasteiger partial charge is 0.193 e. The van der Waals surface area contributed by atoms with E-state index in [1.807, 2.05) is 12.1 Å². The number of benzene rings is 1. The number of rotatable bonds is 10. The normalized spacial score (nSPS) is 15.6. The van der Waals surface area contributed by atoms with Crippen molar-refractivity contribution in [2.75, 3.05) is 53.6 Å². The van der Waals surface area contributed by atoms with Crippen LogP contribution >= 0.6 is 24.0 Å². The van der Waals surface area contributed by atoms with Crippen LogP contribution in [-0.4, -0.2) is 70.6 Å². The lowest BCUT2D eigenvalue weighted by atomic mass is 9.84.